The number of halogens is 2. The zero-order valence-corrected chi connectivity index (χ0v) is 21.9. The van der Waals surface area contributed by atoms with Gasteiger partial charge in [-0.25, -0.2) is 0 Å². The van der Waals surface area contributed by atoms with E-state index in [4.69, 9.17) is 0 Å². The SMILES string of the molecule is C[C@@H]1[C]([Zr+2]([C]2=CC3=C(CCCC3)[C@H]2C)[SiH](C)C)=CC2=C1CCCC2.[Cl-].[Cl-]. The largest absolute Gasteiger partial charge is 1.00 e. The number of rotatable bonds is 3. The van der Waals surface area contributed by atoms with E-state index < -0.39 is 26.8 Å². The van der Waals surface area contributed by atoms with Crippen molar-refractivity contribution in [2.45, 2.75) is 78.3 Å². The second-order valence-electron chi connectivity index (χ2n) is 8.73. The molecule has 4 aliphatic rings. The van der Waals surface area contributed by atoms with E-state index in [0.29, 0.717) is 0 Å². The summed E-state index contributed by atoms with van der Waals surface area (Å²) >= 11 is -1.61. The van der Waals surface area contributed by atoms with E-state index >= 15 is 0 Å². The fourth-order valence-corrected chi connectivity index (χ4v) is 26.4. The van der Waals surface area contributed by atoms with Gasteiger partial charge in [0.15, 0.2) is 0 Å². The van der Waals surface area contributed by atoms with Gasteiger partial charge >= 0.3 is 158 Å². The molecular weight excluding hydrogens is 454 g/mol. The Morgan fingerprint density at radius 3 is 1.46 bits per heavy atom. The van der Waals surface area contributed by atoms with Gasteiger partial charge in [0.1, 0.15) is 0 Å². The Morgan fingerprint density at radius 1 is 0.731 bits per heavy atom. The monoisotopic (exact) mass is 485 g/mol. The molecule has 0 saturated carbocycles. The minimum Gasteiger partial charge on any atom is -1.00 e. The number of allylic oxidation sites excluding steroid dienone is 8. The summed E-state index contributed by atoms with van der Waals surface area (Å²) < 4.78 is 4.01. The molecule has 0 unspecified atom stereocenters. The van der Waals surface area contributed by atoms with Gasteiger partial charge in [0.05, 0.1) is 0 Å². The molecule has 0 aromatic carbocycles. The van der Waals surface area contributed by atoms with Gasteiger partial charge in [-0.05, 0) is 0 Å². The van der Waals surface area contributed by atoms with Crippen LogP contribution in [0.25, 0.3) is 0 Å². The first-order chi connectivity index (χ1) is 11.6. The molecule has 4 rings (SSSR count). The zero-order chi connectivity index (χ0) is 16.8. The molecule has 26 heavy (non-hydrogen) atoms. The Hall–Kier alpha value is 0.640. The topological polar surface area (TPSA) is 0 Å². The van der Waals surface area contributed by atoms with Gasteiger partial charge in [0.2, 0.25) is 0 Å². The molecule has 0 aromatic heterocycles. The Morgan fingerprint density at radius 2 is 1.12 bits per heavy atom. The standard InChI is InChI=1S/2C10H13.C2H7Si.2ClH.Zr/c2*1-8-6-7-9-4-2-3-5-10(8)9;1-3-2;;;/h2*7-8H,2-5H2,1H3;3H,1-2H3;2*1H;/q;;;;;+2/p-2/t2*8-;;;;/m10..../s1. The van der Waals surface area contributed by atoms with Crippen molar-refractivity contribution in [3.8, 4) is 0 Å². The molecule has 0 fully saturated rings. The summed E-state index contributed by atoms with van der Waals surface area (Å²) in [6, 6.07) is 0. The van der Waals surface area contributed by atoms with Crippen molar-refractivity contribution in [1.82, 2.24) is 0 Å². The summed E-state index contributed by atoms with van der Waals surface area (Å²) in [4.78, 5) is 0. The predicted octanol–water partition coefficient (Wildman–Crippen LogP) is 0.404. The normalized spacial score (nSPS) is 27.4. The molecule has 0 radical (unpaired) electrons. The molecule has 0 amide bonds. The van der Waals surface area contributed by atoms with E-state index in [2.05, 4.69) is 39.1 Å². The zero-order valence-electron chi connectivity index (χ0n) is 16.8. The van der Waals surface area contributed by atoms with Crippen LogP contribution in [0.3, 0.4) is 0 Å². The molecule has 0 N–H and O–H groups in total. The Bertz CT molecular complexity index is 618. The molecule has 2 atom stereocenters. The van der Waals surface area contributed by atoms with Gasteiger partial charge in [-0.1, -0.05) is 0 Å². The van der Waals surface area contributed by atoms with Gasteiger partial charge in [-0.15, -0.1) is 0 Å². The molecule has 0 saturated heterocycles. The molecule has 0 aromatic rings. The first kappa shape index (κ1) is 22.9. The van der Waals surface area contributed by atoms with Gasteiger partial charge in [-0.3, -0.25) is 0 Å². The molecule has 0 bridgehead atoms. The van der Waals surface area contributed by atoms with Crippen LogP contribution in [-0.4, -0.2) is 5.92 Å². The maximum Gasteiger partial charge on any atom is -1.00 e. The van der Waals surface area contributed by atoms with Gasteiger partial charge in [0.25, 0.3) is 0 Å². The van der Waals surface area contributed by atoms with Crippen LogP contribution in [-0.2, 0) is 20.9 Å². The summed E-state index contributed by atoms with van der Waals surface area (Å²) in [6.07, 6.45) is 16.8. The van der Waals surface area contributed by atoms with Crippen LogP contribution in [0.15, 0.2) is 41.0 Å². The van der Waals surface area contributed by atoms with E-state index in [1.165, 1.54) is 51.4 Å². The maximum absolute atomic E-state index is 2.76. The number of hydrogen-bond acceptors (Lipinski definition) is 0. The Labute approximate surface area is 181 Å². The minimum absolute atomic E-state index is 0. The third kappa shape index (κ3) is 4.00. The predicted molar refractivity (Wildman–Crippen MR) is 104 cm³/mol. The molecule has 4 aliphatic carbocycles. The van der Waals surface area contributed by atoms with Crippen molar-refractivity contribution in [2.24, 2.45) is 11.8 Å². The van der Waals surface area contributed by atoms with Crippen LogP contribution in [0.1, 0.15) is 65.2 Å². The van der Waals surface area contributed by atoms with Crippen molar-refractivity contribution in [3.63, 3.8) is 0 Å². The van der Waals surface area contributed by atoms with E-state index in [1.54, 1.807) is 11.1 Å². The van der Waals surface area contributed by atoms with Crippen molar-refractivity contribution < 1.29 is 45.7 Å². The minimum atomic E-state index is -1.61. The number of hydrogen-bond donors (Lipinski definition) is 0. The summed E-state index contributed by atoms with van der Waals surface area (Å²) in [7, 11) is 0. The van der Waals surface area contributed by atoms with Crippen molar-refractivity contribution in [2.75, 3.05) is 0 Å². The van der Waals surface area contributed by atoms with Crippen LogP contribution in [0.4, 0.5) is 0 Å². The quantitative estimate of drug-likeness (QED) is 0.506. The molecule has 0 heterocycles. The van der Waals surface area contributed by atoms with Gasteiger partial charge < -0.3 is 24.8 Å². The van der Waals surface area contributed by atoms with Crippen molar-refractivity contribution in [3.05, 3.63) is 41.0 Å². The van der Waals surface area contributed by atoms with Crippen molar-refractivity contribution in [1.29, 1.82) is 0 Å². The van der Waals surface area contributed by atoms with E-state index in [9.17, 15) is 0 Å². The molecule has 143 valence electrons. The van der Waals surface area contributed by atoms with Gasteiger partial charge in [0, 0.05) is 0 Å². The van der Waals surface area contributed by atoms with Crippen LogP contribution in [0, 0.1) is 11.8 Å². The van der Waals surface area contributed by atoms with Gasteiger partial charge in [-0.2, -0.15) is 0 Å². The summed E-state index contributed by atoms with van der Waals surface area (Å²) in [6.45, 7) is 10.5. The first-order valence-electron chi connectivity index (χ1n) is 10.3. The molecule has 4 heteroatoms. The van der Waals surface area contributed by atoms with Crippen LogP contribution in [0.2, 0.25) is 13.1 Å². The van der Waals surface area contributed by atoms with Crippen molar-refractivity contribution >= 4 is 5.92 Å². The summed E-state index contributed by atoms with van der Waals surface area (Å²) in [5, 5.41) is 0. The fraction of sp³-hybridized carbons (Fsp3) is 0.636. The molecular formula is C22H33Cl2SiZr. The molecule has 0 nitrogen and oxygen atoms in total. The second kappa shape index (κ2) is 9.43. The average molecular weight is 488 g/mol. The third-order valence-corrected chi connectivity index (χ3v) is 26.5. The van der Waals surface area contributed by atoms with Crippen LogP contribution in [0.5, 0.6) is 0 Å². The van der Waals surface area contributed by atoms with E-state index in [1.807, 2.05) is 17.7 Å². The fourth-order valence-electron chi connectivity index (χ4n) is 5.68. The Balaban J connectivity index is 0.00000121. The molecule has 0 spiro atoms. The first-order valence-corrected chi connectivity index (χ1v) is 19.9. The van der Waals surface area contributed by atoms with E-state index in [0.717, 1.165) is 11.8 Å². The summed E-state index contributed by atoms with van der Waals surface area (Å²) in [5.74, 6) is 1.06. The van der Waals surface area contributed by atoms with Crippen LogP contribution >= 0.6 is 0 Å². The maximum atomic E-state index is 2.76. The van der Waals surface area contributed by atoms with E-state index in [-0.39, 0.29) is 24.8 Å². The van der Waals surface area contributed by atoms with Crippen LogP contribution < -0.4 is 24.8 Å². The molecule has 0 aliphatic heterocycles. The smallest absolute Gasteiger partial charge is 1.00 e. The third-order valence-electron chi connectivity index (χ3n) is 6.95. The second-order valence-corrected chi connectivity index (χ2v) is 27.8. The average Bonchev–Trinajstić information content (AvgIpc) is 3.07. The Kier molecular flexibility index (Phi) is 8.31. The summed E-state index contributed by atoms with van der Waals surface area (Å²) in [5.41, 5.74) is 7.27.